The van der Waals surface area contributed by atoms with E-state index in [0.29, 0.717) is 11.7 Å². The van der Waals surface area contributed by atoms with Gasteiger partial charge in [-0.3, -0.25) is 0 Å². The molecule has 0 radical (unpaired) electrons. The van der Waals surface area contributed by atoms with Crippen LogP contribution in [0.25, 0.3) is 0 Å². The Kier molecular flexibility index (Phi) is 4.13. The molecule has 1 fully saturated rings. The van der Waals surface area contributed by atoms with E-state index in [1.165, 1.54) is 0 Å². The van der Waals surface area contributed by atoms with E-state index in [1.807, 2.05) is 24.3 Å². The Bertz CT molecular complexity index is 392. The molecule has 0 bridgehead atoms. The van der Waals surface area contributed by atoms with Gasteiger partial charge in [-0.25, -0.2) is 0 Å². The van der Waals surface area contributed by atoms with Crippen molar-refractivity contribution >= 4 is 0 Å². The highest BCUT2D eigenvalue weighted by Crippen LogP contribution is 2.23. The van der Waals surface area contributed by atoms with Crippen LogP contribution in [0.3, 0.4) is 0 Å². The van der Waals surface area contributed by atoms with Crippen molar-refractivity contribution in [3.8, 4) is 6.07 Å². The molecule has 1 N–H and O–H groups in total. The van der Waals surface area contributed by atoms with Crippen molar-refractivity contribution in [3.05, 3.63) is 35.4 Å². The van der Waals surface area contributed by atoms with Crippen molar-refractivity contribution in [2.75, 3.05) is 13.1 Å². The standard InChI is InChI=1S/C14H18N2O/c1-2-3-13-9-16-10-14(17-13)12-6-4-11(8-15)5-7-12/h4-7,13-14,16H,2-3,9-10H2,1H3. The van der Waals surface area contributed by atoms with E-state index in [0.717, 1.165) is 31.5 Å². The lowest BCUT2D eigenvalue weighted by Crippen LogP contribution is -2.40. The number of nitriles is 1. The Morgan fingerprint density at radius 1 is 1.35 bits per heavy atom. The Balaban J connectivity index is 2.03. The van der Waals surface area contributed by atoms with Crippen molar-refractivity contribution in [2.24, 2.45) is 0 Å². The van der Waals surface area contributed by atoms with Crippen molar-refractivity contribution in [2.45, 2.75) is 32.0 Å². The Morgan fingerprint density at radius 3 is 2.76 bits per heavy atom. The van der Waals surface area contributed by atoms with Gasteiger partial charge in [0.1, 0.15) is 0 Å². The molecule has 0 spiro atoms. The highest BCUT2D eigenvalue weighted by molar-refractivity contribution is 5.32. The smallest absolute Gasteiger partial charge is 0.0991 e. The van der Waals surface area contributed by atoms with Gasteiger partial charge >= 0.3 is 0 Å². The number of benzene rings is 1. The van der Waals surface area contributed by atoms with E-state index in [2.05, 4.69) is 18.3 Å². The van der Waals surface area contributed by atoms with E-state index in [1.54, 1.807) is 0 Å². The molecule has 0 amide bonds. The Hall–Kier alpha value is -1.37. The predicted molar refractivity (Wildman–Crippen MR) is 66.5 cm³/mol. The summed E-state index contributed by atoms with van der Waals surface area (Å²) in [5, 5.41) is 12.2. The zero-order valence-electron chi connectivity index (χ0n) is 10.1. The summed E-state index contributed by atoms with van der Waals surface area (Å²) in [6.07, 6.45) is 2.68. The molecule has 1 aromatic rings. The second kappa shape index (κ2) is 5.81. The van der Waals surface area contributed by atoms with Gasteiger partial charge in [-0.15, -0.1) is 0 Å². The summed E-state index contributed by atoms with van der Waals surface area (Å²) >= 11 is 0. The molecule has 1 heterocycles. The molecule has 1 aromatic carbocycles. The van der Waals surface area contributed by atoms with Crippen LogP contribution in [0.15, 0.2) is 24.3 Å². The summed E-state index contributed by atoms with van der Waals surface area (Å²) in [4.78, 5) is 0. The first kappa shape index (κ1) is 12.1. The topological polar surface area (TPSA) is 45.0 Å². The third kappa shape index (κ3) is 3.06. The molecular weight excluding hydrogens is 212 g/mol. The average Bonchev–Trinajstić information content (AvgIpc) is 2.40. The first-order valence-corrected chi connectivity index (χ1v) is 6.19. The molecule has 0 aromatic heterocycles. The van der Waals surface area contributed by atoms with Gasteiger partial charge in [-0.05, 0) is 24.1 Å². The largest absolute Gasteiger partial charge is 0.368 e. The number of hydrogen-bond donors (Lipinski definition) is 1. The van der Waals surface area contributed by atoms with E-state index in [4.69, 9.17) is 10.00 Å². The maximum absolute atomic E-state index is 8.76. The Morgan fingerprint density at radius 2 is 2.12 bits per heavy atom. The van der Waals surface area contributed by atoms with E-state index >= 15 is 0 Å². The molecule has 2 rings (SSSR count). The van der Waals surface area contributed by atoms with Gasteiger partial charge in [-0.2, -0.15) is 5.26 Å². The normalized spacial score (nSPS) is 24.2. The first-order chi connectivity index (χ1) is 8.33. The predicted octanol–water partition coefficient (Wildman–Crippen LogP) is 2.39. The lowest BCUT2D eigenvalue weighted by molar-refractivity contribution is -0.0425. The van der Waals surface area contributed by atoms with Crippen molar-refractivity contribution in [1.82, 2.24) is 5.32 Å². The maximum atomic E-state index is 8.76. The van der Waals surface area contributed by atoms with Gasteiger partial charge in [0.15, 0.2) is 0 Å². The van der Waals surface area contributed by atoms with E-state index in [9.17, 15) is 0 Å². The molecule has 0 saturated carbocycles. The SMILES string of the molecule is CCCC1CNCC(c2ccc(C#N)cc2)O1. The molecule has 1 saturated heterocycles. The zero-order chi connectivity index (χ0) is 12.1. The summed E-state index contributed by atoms with van der Waals surface area (Å²) in [5.74, 6) is 0. The summed E-state index contributed by atoms with van der Waals surface area (Å²) in [6.45, 7) is 3.97. The maximum Gasteiger partial charge on any atom is 0.0991 e. The number of hydrogen-bond acceptors (Lipinski definition) is 3. The average molecular weight is 230 g/mol. The molecule has 2 unspecified atom stereocenters. The highest BCUT2D eigenvalue weighted by Gasteiger charge is 2.22. The fourth-order valence-corrected chi connectivity index (χ4v) is 2.16. The van der Waals surface area contributed by atoms with Gasteiger partial charge in [-0.1, -0.05) is 25.5 Å². The summed E-state index contributed by atoms with van der Waals surface area (Å²) in [6, 6.07) is 9.80. The number of morpholine rings is 1. The second-order valence-electron chi connectivity index (χ2n) is 4.43. The molecule has 3 heteroatoms. The monoisotopic (exact) mass is 230 g/mol. The summed E-state index contributed by atoms with van der Waals surface area (Å²) in [7, 11) is 0. The van der Waals surface area contributed by atoms with Crippen LogP contribution in [-0.2, 0) is 4.74 Å². The van der Waals surface area contributed by atoms with Crippen LogP contribution < -0.4 is 5.32 Å². The van der Waals surface area contributed by atoms with Crippen LogP contribution >= 0.6 is 0 Å². The number of nitrogens with one attached hydrogen (secondary N) is 1. The fourth-order valence-electron chi connectivity index (χ4n) is 2.16. The number of ether oxygens (including phenoxy) is 1. The lowest BCUT2D eigenvalue weighted by Gasteiger charge is -2.31. The zero-order valence-corrected chi connectivity index (χ0v) is 10.1. The van der Waals surface area contributed by atoms with Crippen molar-refractivity contribution in [1.29, 1.82) is 5.26 Å². The summed E-state index contributed by atoms with van der Waals surface area (Å²) < 4.78 is 6.04. The molecule has 17 heavy (non-hydrogen) atoms. The van der Waals surface area contributed by atoms with Crippen molar-refractivity contribution in [3.63, 3.8) is 0 Å². The van der Waals surface area contributed by atoms with E-state index < -0.39 is 0 Å². The minimum absolute atomic E-state index is 0.119. The van der Waals surface area contributed by atoms with Gasteiger partial charge in [0.2, 0.25) is 0 Å². The van der Waals surface area contributed by atoms with Gasteiger partial charge in [0, 0.05) is 13.1 Å². The first-order valence-electron chi connectivity index (χ1n) is 6.19. The van der Waals surface area contributed by atoms with Crippen LogP contribution in [0.5, 0.6) is 0 Å². The van der Waals surface area contributed by atoms with Crippen molar-refractivity contribution < 1.29 is 4.74 Å². The van der Waals surface area contributed by atoms with Gasteiger partial charge in [0.25, 0.3) is 0 Å². The highest BCUT2D eigenvalue weighted by atomic mass is 16.5. The molecule has 1 aliphatic rings. The number of rotatable bonds is 3. The summed E-state index contributed by atoms with van der Waals surface area (Å²) in [5.41, 5.74) is 1.85. The van der Waals surface area contributed by atoms with Crippen LogP contribution in [0, 0.1) is 11.3 Å². The van der Waals surface area contributed by atoms with E-state index in [-0.39, 0.29) is 6.10 Å². The molecule has 90 valence electrons. The molecule has 2 atom stereocenters. The third-order valence-electron chi connectivity index (χ3n) is 3.08. The molecular formula is C14H18N2O. The number of nitrogens with zero attached hydrogens (tertiary/aromatic N) is 1. The minimum Gasteiger partial charge on any atom is -0.368 e. The quantitative estimate of drug-likeness (QED) is 0.867. The third-order valence-corrected chi connectivity index (χ3v) is 3.08. The molecule has 1 aliphatic heterocycles. The fraction of sp³-hybridized carbons (Fsp3) is 0.500. The van der Waals surface area contributed by atoms with Gasteiger partial charge in [0.05, 0.1) is 23.8 Å². The second-order valence-corrected chi connectivity index (χ2v) is 4.43. The molecule has 0 aliphatic carbocycles. The van der Waals surface area contributed by atoms with Gasteiger partial charge < -0.3 is 10.1 Å². The van der Waals surface area contributed by atoms with Crippen LogP contribution in [0.2, 0.25) is 0 Å². The minimum atomic E-state index is 0.119. The van der Waals surface area contributed by atoms with Crippen LogP contribution in [0.4, 0.5) is 0 Å². The lowest BCUT2D eigenvalue weighted by atomic mass is 10.0. The molecule has 3 nitrogen and oxygen atoms in total. The van der Waals surface area contributed by atoms with Crippen LogP contribution in [-0.4, -0.2) is 19.2 Å². The van der Waals surface area contributed by atoms with Crippen LogP contribution in [0.1, 0.15) is 37.0 Å². The Labute approximate surface area is 102 Å².